The van der Waals surface area contributed by atoms with Crippen molar-refractivity contribution in [2.75, 3.05) is 19.9 Å². The molecule has 2 aliphatic heterocycles. The summed E-state index contributed by atoms with van der Waals surface area (Å²) in [5.41, 5.74) is 2.30. The molecule has 4 heteroatoms. The molecule has 118 valence electrons. The Labute approximate surface area is 135 Å². The van der Waals surface area contributed by atoms with Crippen LogP contribution in [-0.2, 0) is 11.2 Å². The molecule has 1 saturated heterocycles. The van der Waals surface area contributed by atoms with E-state index in [0.29, 0.717) is 12.3 Å². The van der Waals surface area contributed by atoms with E-state index in [2.05, 4.69) is 24.3 Å². The first-order valence-corrected chi connectivity index (χ1v) is 8.01. The number of carbonyl (C=O) groups is 1. The normalized spacial score (nSPS) is 19.1. The summed E-state index contributed by atoms with van der Waals surface area (Å²) in [4.78, 5) is 14.5. The molecule has 23 heavy (non-hydrogen) atoms. The van der Waals surface area contributed by atoms with Gasteiger partial charge in [0, 0.05) is 19.0 Å². The fraction of sp³-hybridized carbons (Fsp3) is 0.316. The summed E-state index contributed by atoms with van der Waals surface area (Å²) in [5.74, 6) is 2.13. The van der Waals surface area contributed by atoms with Crippen molar-refractivity contribution in [2.45, 2.75) is 18.8 Å². The number of nitrogens with zero attached hydrogens (tertiary/aromatic N) is 1. The van der Waals surface area contributed by atoms with Crippen molar-refractivity contribution in [3.8, 4) is 11.5 Å². The number of carbonyl (C=O) groups excluding carboxylic acids is 1. The lowest BCUT2D eigenvalue weighted by molar-refractivity contribution is -0.129. The Balaban J connectivity index is 1.40. The van der Waals surface area contributed by atoms with Gasteiger partial charge in [-0.05, 0) is 29.7 Å². The van der Waals surface area contributed by atoms with E-state index in [1.807, 2.05) is 29.2 Å². The maximum absolute atomic E-state index is 12.5. The summed E-state index contributed by atoms with van der Waals surface area (Å²) < 4.78 is 10.7. The molecule has 2 heterocycles. The molecule has 0 radical (unpaired) electrons. The summed E-state index contributed by atoms with van der Waals surface area (Å²) in [6, 6.07) is 16.2. The molecule has 0 aromatic heterocycles. The summed E-state index contributed by atoms with van der Waals surface area (Å²) >= 11 is 0. The third kappa shape index (κ3) is 2.89. The van der Waals surface area contributed by atoms with Gasteiger partial charge in [0.15, 0.2) is 11.5 Å². The third-order valence-electron chi connectivity index (χ3n) is 4.60. The number of benzene rings is 2. The molecule has 1 unspecified atom stereocenters. The average Bonchev–Trinajstić information content (AvgIpc) is 3.24. The second-order valence-corrected chi connectivity index (χ2v) is 6.10. The van der Waals surface area contributed by atoms with Crippen LogP contribution in [0.5, 0.6) is 11.5 Å². The van der Waals surface area contributed by atoms with Crippen molar-refractivity contribution in [3.63, 3.8) is 0 Å². The number of hydrogen-bond acceptors (Lipinski definition) is 3. The largest absolute Gasteiger partial charge is 0.454 e. The molecule has 4 rings (SSSR count). The van der Waals surface area contributed by atoms with E-state index in [1.165, 1.54) is 5.56 Å². The Morgan fingerprint density at radius 3 is 2.78 bits per heavy atom. The lowest BCUT2D eigenvalue weighted by atomic mass is 9.99. The minimum Gasteiger partial charge on any atom is -0.454 e. The molecule has 1 amide bonds. The highest BCUT2D eigenvalue weighted by Crippen LogP contribution is 2.33. The van der Waals surface area contributed by atoms with Crippen LogP contribution < -0.4 is 9.47 Å². The Hall–Kier alpha value is -2.49. The van der Waals surface area contributed by atoms with Crippen molar-refractivity contribution < 1.29 is 14.3 Å². The highest BCUT2D eigenvalue weighted by molar-refractivity contribution is 5.79. The number of ether oxygens (including phenoxy) is 2. The molecule has 0 saturated carbocycles. The van der Waals surface area contributed by atoms with Gasteiger partial charge in [0.1, 0.15) is 0 Å². The smallest absolute Gasteiger partial charge is 0.231 e. The first kappa shape index (κ1) is 14.1. The standard InChI is InChI=1S/C19H19NO3/c21-19(11-14-6-7-17-18(10-14)23-13-22-17)20-9-8-16(12-20)15-4-2-1-3-5-15/h1-7,10,16H,8-9,11-13H2. The zero-order valence-corrected chi connectivity index (χ0v) is 12.9. The van der Waals surface area contributed by atoms with Gasteiger partial charge in [-0.1, -0.05) is 36.4 Å². The maximum atomic E-state index is 12.5. The minimum atomic E-state index is 0.183. The van der Waals surface area contributed by atoms with Crippen LogP contribution in [0.25, 0.3) is 0 Å². The molecule has 2 aromatic carbocycles. The molecule has 1 atom stereocenters. The van der Waals surface area contributed by atoms with Gasteiger partial charge in [-0.2, -0.15) is 0 Å². The Morgan fingerprint density at radius 2 is 1.91 bits per heavy atom. The van der Waals surface area contributed by atoms with Gasteiger partial charge in [0.2, 0.25) is 12.7 Å². The Bertz CT molecular complexity index is 714. The fourth-order valence-corrected chi connectivity index (χ4v) is 3.32. The first-order chi connectivity index (χ1) is 11.3. The van der Waals surface area contributed by atoms with E-state index in [-0.39, 0.29) is 12.7 Å². The Morgan fingerprint density at radius 1 is 1.09 bits per heavy atom. The van der Waals surface area contributed by atoms with Crippen molar-refractivity contribution in [1.29, 1.82) is 0 Å². The molecule has 2 aromatic rings. The van der Waals surface area contributed by atoms with Crippen LogP contribution in [0.1, 0.15) is 23.5 Å². The van der Waals surface area contributed by atoms with Crippen LogP contribution in [0, 0.1) is 0 Å². The number of likely N-dealkylation sites (tertiary alicyclic amines) is 1. The van der Waals surface area contributed by atoms with Gasteiger partial charge in [-0.25, -0.2) is 0 Å². The molecule has 0 spiro atoms. The van der Waals surface area contributed by atoms with Gasteiger partial charge in [-0.15, -0.1) is 0 Å². The van der Waals surface area contributed by atoms with E-state index in [1.54, 1.807) is 0 Å². The lowest BCUT2D eigenvalue weighted by Gasteiger charge is -2.17. The topological polar surface area (TPSA) is 38.8 Å². The molecule has 0 aliphatic carbocycles. The second kappa shape index (κ2) is 5.95. The zero-order valence-electron chi connectivity index (χ0n) is 12.9. The summed E-state index contributed by atoms with van der Waals surface area (Å²) in [6.45, 7) is 1.91. The molecule has 0 bridgehead atoms. The van der Waals surface area contributed by atoms with Crippen LogP contribution in [0.15, 0.2) is 48.5 Å². The number of hydrogen-bond donors (Lipinski definition) is 0. The number of rotatable bonds is 3. The lowest BCUT2D eigenvalue weighted by Crippen LogP contribution is -2.29. The quantitative estimate of drug-likeness (QED) is 0.875. The number of fused-ring (bicyclic) bond motifs is 1. The monoisotopic (exact) mass is 309 g/mol. The van der Waals surface area contributed by atoms with Crippen LogP contribution in [0.4, 0.5) is 0 Å². The van der Waals surface area contributed by atoms with Crippen LogP contribution in [-0.4, -0.2) is 30.7 Å². The minimum absolute atomic E-state index is 0.183. The maximum Gasteiger partial charge on any atom is 0.231 e. The predicted octanol–water partition coefficient (Wildman–Crippen LogP) is 2.97. The highest BCUT2D eigenvalue weighted by Gasteiger charge is 2.27. The third-order valence-corrected chi connectivity index (χ3v) is 4.60. The van der Waals surface area contributed by atoms with Crippen molar-refractivity contribution in [3.05, 3.63) is 59.7 Å². The second-order valence-electron chi connectivity index (χ2n) is 6.10. The first-order valence-electron chi connectivity index (χ1n) is 8.01. The summed E-state index contributed by atoms with van der Waals surface area (Å²) in [7, 11) is 0. The predicted molar refractivity (Wildman–Crippen MR) is 86.6 cm³/mol. The Kier molecular flexibility index (Phi) is 3.66. The van der Waals surface area contributed by atoms with Crippen molar-refractivity contribution >= 4 is 5.91 Å². The van der Waals surface area contributed by atoms with E-state index < -0.39 is 0 Å². The van der Waals surface area contributed by atoms with Crippen LogP contribution >= 0.6 is 0 Å². The van der Waals surface area contributed by atoms with Crippen LogP contribution in [0.3, 0.4) is 0 Å². The summed E-state index contributed by atoms with van der Waals surface area (Å²) in [5, 5.41) is 0. The molecule has 2 aliphatic rings. The van der Waals surface area contributed by atoms with E-state index in [9.17, 15) is 4.79 Å². The summed E-state index contributed by atoms with van der Waals surface area (Å²) in [6.07, 6.45) is 1.45. The van der Waals surface area contributed by atoms with Gasteiger partial charge < -0.3 is 14.4 Å². The molecular weight excluding hydrogens is 290 g/mol. The highest BCUT2D eigenvalue weighted by atomic mass is 16.7. The molecule has 0 N–H and O–H groups in total. The fourth-order valence-electron chi connectivity index (χ4n) is 3.32. The average molecular weight is 309 g/mol. The molecule has 1 fully saturated rings. The van der Waals surface area contributed by atoms with E-state index >= 15 is 0 Å². The zero-order chi connectivity index (χ0) is 15.6. The van der Waals surface area contributed by atoms with Gasteiger partial charge in [0.05, 0.1) is 6.42 Å². The van der Waals surface area contributed by atoms with E-state index in [0.717, 1.165) is 36.6 Å². The van der Waals surface area contributed by atoms with Crippen molar-refractivity contribution in [2.24, 2.45) is 0 Å². The SMILES string of the molecule is O=C(Cc1ccc2c(c1)OCO2)N1CCC(c2ccccc2)C1. The number of amides is 1. The van der Waals surface area contributed by atoms with Gasteiger partial charge >= 0.3 is 0 Å². The molecule has 4 nitrogen and oxygen atoms in total. The molecular formula is C19H19NO3. The van der Waals surface area contributed by atoms with Gasteiger partial charge in [0.25, 0.3) is 0 Å². The van der Waals surface area contributed by atoms with Crippen LogP contribution in [0.2, 0.25) is 0 Å². The van der Waals surface area contributed by atoms with E-state index in [4.69, 9.17) is 9.47 Å². The van der Waals surface area contributed by atoms with Crippen molar-refractivity contribution in [1.82, 2.24) is 4.90 Å². The van der Waals surface area contributed by atoms with Gasteiger partial charge in [-0.3, -0.25) is 4.79 Å².